The van der Waals surface area contributed by atoms with Crippen molar-refractivity contribution in [3.8, 4) is 0 Å². The molecular weight excluding hydrogens is 220 g/mol. The van der Waals surface area contributed by atoms with Crippen molar-refractivity contribution >= 4 is 17.0 Å². The van der Waals surface area contributed by atoms with E-state index in [0.29, 0.717) is 11.1 Å². The Morgan fingerprint density at radius 3 is 2.82 bits per heavy atom. The lowest BCUT2D eigenvalue weighted by Crippen LogP contribution is -2.12. The number of benzene rings is 1. The molecule has 1 aromatic carbocycles. The van der Waals surface area contributed by atoms with Gasteiger partial charge in [0.25, 0.3) is 0 Å². The van der Waals surface area contributed by atoms with Gasteiger partial charge >= 0.3 is 5.97 Å². The van der Waals surface area contributed by atoms with Crippen LogP contribution in [-0.2, 0) is 6.54 Å². The third kappa shape index (κ3) is 1.76. The normalized spacial score (nSPS) is 11.3. The van der Waals surface area contributed by atoms with Crippen LogP contribution in [-0.4, -0.2) is 26.5 Å². The summed E-state index contributed by atoms with van der Waals surface area (Å²) in [4.78, 5) is 11.4. The second-order valence-corrected chi connectivity index (χ2v) is 4.19. The Bertz CT molecular complexity index is 574. The molecule has 0 fully saturated rings. The summed E-state index contributed by atoms with van der Waals surface area (Å²) in [5.41, 5.74) is 8.43. The Morgan fingerprint density at radius 1 is 1.59 bits per heavy atom. The smallest absolute Gasteiger partial charge is 0.336 e. The third-order valence-electron chi connectivity index (χ3n) is 2.79. The van der Waals surface area contributed by atoms with Crippen LogP contribution in [0.3, 0.4) is 0 Å². The van der Waals surface area contributed by atoms with E-state index in [2.05, 4.69) is 15.4 Å². The van der Waals surface area contributed by atoms with E-state index < -0.39 is 5.97 Å². The minimum Gasteiger partial charge on any atom is -0.478 e. The van der Waals surface area contributed by atoms with Crippen LogP contribution in [0.25, 0.3) is 11.0 Å². The minimum atomic E-state index is -0.973. The minimum absolute atomic E-state index is 0.0964. The zero-order valence-corrected chi connectivity index (χ0v) is 9.69. The average molecular weight is 234 g/mol. The van der Waals surface area contributed by atoms with Crippen molar-refractivity contribution < 1.29 is 9.90 Å². The molecule has 1 aromatic heterocycles. The summed E-state index contributed by atoms with van der Waals surface area (Å²) in [5, 5.41) is 19.6. The summed E-state index contributed by atoms with van der Waals surface area (Å²) in [7, 11) is 0. The van der Waals surface area contributed by atoms with Gasteiger partial charge in [-0.15, -0.1) is 5.10 Å². The van der Waals surface area contributed by atoms with E-state index in [9.17, 15) is 9.90 Å². The molecule has 0 aliphatic carbocycles. The van der Waals surface area contributed by atoms with Gasteiger partial charge in [-0.05, 0) is 17.5 Å². The number of nitrogens with two attached hydrogens (primary N) is 1. The second-order valence-electron chi connectivity index (χ2n) is 4.19. The summed E-state index contributed by atoms with van der Waals surface area (Å²) in [6.45, 7) is 4.01. The first kappa shape index (κ1) is 11.5. The molecule has 0 unspecified atom stereocenters. The zero-order chi connectivity index (χ0) is 12.6. The van der Waals surface area contributed by atoms with Gasteiger partial charge in [0.2, 0.25) is 0 Å². The number of aromatic nitrogens is 3. The van der Waals surface area contributed by atoms with Crippen molar-refractivity contribution in [2.75, 3.05) is 0 Å². The van der Waals surface area contributed by atoms with Crippen LogP contribution in [0.15, 0.2) is 6.07 Å². The summed E-state index contributed by atoms with van der Waals surface area (Å²) >= 11 is 0. The molecule has 2 rings (SSSR count). The number of nitrogens with one attached hydrogen (secondary N) is 1. The molecule has 6 heteroatoms. The molecule has 17 heavy (non-hydrogen) atoms. The van der Waals surface area contributed by atoms with Crippen LogP contribution in [0.5, 0.6) is 0 Å². The summed E-state index contributed by atoms with van der Waals surface area (Å²) < 4.78 is 0. The van der Waals surface area contributed by atoms with Crippen molar-refractivity contribution in [2.24, 2.45) is 5.73 Å². The highest BCUT2D eigenvalue weighted by Gasteiger charge is 2.21. The quantitative estimate of drug-likeness (QED) is 0.741. The van der Waals surface area contributed by atoms with Gasteiger partial charge in [0.15, 0.2) is 0 Å². The topological polar surface area (TPSA) is 105 Å². The van der Waals surface area contributed by atoms with Crippen LogP contribution in [0.4, 0.5) is 0 Å². The van der Waals surface area contributed by atoms with Crippen molar-refractivity contribution in [3.63, 3.8) is 0 Å². The lowest BCUT2D eigenvalue weighted by atomic mass is 9.92. The molecule has 0 aliphatic rings. The lowest BCUT2D eigenvalue weighted by molar-refractivity contribution is 0.0694. The zero-order valence-electron chi connectivity index (χ0n) is 9.69. The summed E-state index contributed by atoms with van der Waals surface area (Å²) in [6, 6.07) is 1.78. The predicted molar refractivity (Wildman–Crippen MR) is 62.8 cm³/mol. The molecule has 0 radical (unpaired) electrons. The number of carboxylic acids is 1. The third-order valence-corrected chi connectivity index (χ3v) is 2.79. The van der Waals surface area contributed by atoms with Gasteiger partial charge in [0.1, 0.15) is 5.52 Å². The molecule has 4 N–H and O–H groups in total. The highest BCUT2D eigenvalue weighted by Crippen LogP contribution is 2.28. The fraction of sp³-hybridized carbons (Fsp3) is 0.364. The van der Waals surface area contributed by atoms with Gasteiger partial charge in [0, 0.05) is 12.1 Å². The number of carboxylic acid groups (broad SMARTS) is 1. The summed E-state index contributed by atoms with van der Waals surface area (Å²) in [6.07, 6.45) is 0. The van der Waals surface area contributed by atoms with E-state index in [4.69, 9.17) is 5.73 Å². The van der Waals surface area contributed by atoms with Gasteiger partial charge in [-0.25, -0.2) is 4.79 Å². The maximum Gasteiger partial charge on any atom is 0.336 e. The molecule has 6 nitrogen and oxygen atoms in total. The Hall–Kier alpha value is -1.95. The number of rotatable bonds is 3. The number of aromatic carboxylic acids is 1. The molecule has 0 aliphatic heterocycles. The van der Waals surface area contributed by atoms with Gasteiger partial charge in [-0.2, -0.15) is 0 Å². The summed E-state index contributed by atoms with van der Waals surface area (Å²) in [5.74, 6) is -0.877. The first-order valence-electron chi connectivity index (χ1n) is 5.36. The van der Waals surface area contributed by atoms with Crippen molar-refractivity contribution in [1.82, 2.24) is 15.4 Å². The molecule has 1 heterocycles. The number of hydrogen-bond donors (Lipinski definition) is 3. The molecule has 0 saturated carbocycles. The molecule has 0 bridgehead atoms. The van der Waals surface area contributed by atoms with Crippen LogP contribution in [0, 0.1) is 0 Å². The largest absolute Gasteiger partial charge is 0.478 e. The van der Waals surface area contributed by atoms with Crippen molar-refractivity contribution in [3.05, 3.63) is 22.8 Å². The SMILES string of the molecule is CC(C)c1cc2[nH]nnc2c(CN)c1C(=O)O. The predicted octanol–water partition coefficient (Wildman–Crippen LogP) is 1.24. The number of carbonyl (C=O) groups is 1. The Morgan fingerprint density at radius 2 is 2.29 bits per heavy atom. The van der Waals surface area contributed by atoms with Gasteiger partial charge < -0.3 is 10.8 Å². The van der Waals surface area contributed by atoms with Crippen LogP contribution in [0.1, 0.15) is 41.3 Å². The molecule has 0 atom stereocenters. The van der Waals surface area contributed by atoms with E-state index in [1.807, 2.05) is 13.8 Å². The fourth-order valence-corrected chi connectivity index (χ4v) is 1.99. The average Bonchev–Trinajstić information content (AvgIpc) is 2.73. The first-order valence-corrected chi connectivity index (χ1v) is 5.36. The molecular formula is C11H14N4O2. The lowest BCUT2D eigenvalue weighted by Gasteiger charge is -2.13. The monoisotopic (exact) mass is 234 g/mol. The maximum atomic E-state index is 11.4. The van der Waals surface area contributed by atoms with Crippen molar-refractivity contribution in [2.45, 2.75) is 26.3 Å². The number of hydrogen-bond acceptors (Lipinski definition) is 4. The van der Waals surface area contributed by atoms with E-state index in [-0.39, 0.29) is 18.0 Å². The van der Waals surface area contributed by atoms with Gasteiger partial charge in [-0.3, -0.25) is 5.10 Å². The number of aromatic amines is 1. The maximum absolute atomic E-state index is 11.4. The van der Waals surface area contributed by atoms with Crippen LogP contribution in [0.2, 0.25) is 0 Å². The molecule has 0 saturated heterocycles. The number of nitrogens with zero attached hydrogens (tertiary/aromatic N) is 2. The van der Waals surface area contributed by atoms with Crippen LogP contribution < -0.4 is 5.73 Å². The molecule has 0 amide bonds. The first-order chi connectivity index (χ1) is 8.06. The molecule has 2 aromatic rings. The van der Waals surface area contributed by atoms with Gasteiger partial charge in [-0.1, -0.05) is 19.1 Å². The second kappa shape index (κ2) is 4.14. The van der Waals surface area contributed by atoms with E-state index >= 15 is 0 Å². The molecule has 0 spiro atoms. The standard InChI is InChI=1S/C11H14N4O2/c1-5(2)6-3-8-10(14-15-13-8)7(4-12)9(6)11(16)17/h3,5H,4,12H2,1-2H3,(H,16,17)(H,13,14,15). The number of fused-ring (bicyclic) bond motifs is 1. The molecule has 90 valence electrons. The Kier molecular flexibility index (Phi) is 2.81. The number of H-pyrrole nitrogens is 1. The fourth-order valence-electron chi connectivity index (χ4n) is 1.99. The van der Waals surface area contributed by atoms with E-state index in [1.54, 1.807) is 6.07 Å². The van der Waals surface area contributed by atoms with Crippen molar-refractivity contribution in [1.29, 1.82) is 0 Å². The Balaban J connectivity index is 2.87. The van der Waals surface area contributed by atoms with Crippen LogP contribution >= 0.6 is 0 Å². The van der Waals surface area contributed by atoms with Gasteiger partial charge in [0.05, 0.1) is 11.1 Å². The highest BCUT2D eigenvalue weighted by atomic mass is 16.4. The van der Waals surface area contributed by atoms with E-state index in [0.717, 1.165) is 11.1 Å². The highest BCUT2D eigenvalue weighted by molar-refractivity contribution is 5.97. The van der Waals surface area contributed by atoms with E-state index in [1.165, 1.54) is 0 Å². The Labute approximate surface area is 97.8 Å².